The van der Waals surface area contributed by atoms with Crippen LogP contribution in [0.5, 0.6) is 11.5 Å². The zero-order valence-corrected chi connectivity index (χ0v) is 19.3. The standard InChI is InChI=1S/C28H25N3O4/c1-34-23-9-4-7-21(15-23)25-26(35-24-10-3-5-18(14-24)16-29)28(33)31(25)17-19-6-2-8-22(13-19)30-27(32)20-11-12-20/h2-10,13-15,20,25-26H,11-12,17H2,1H3,(H,30,32)/t25-,26+/m1/s1. The van der Waals surface area contributed by atoms with Gasteiger partial charge in [0, 0.05) is 18.2 Å². The lowest BCUT2D eigenvalue weighted by atomic mass is 9.89. The lowest BCUT2D eigenvalue weighted by molar-refractivity contribution is -0.165. The van der Waals surface area contributed by atoms with E-state index in [1.54, 1.807) is 36.3 Å². The number of β-lactam (4-membered cyclic amide) rings is 1. The van der Waals surface area contributed by atoms with Gasteiger partial charge in [-0.25, -0.2) is 0 Å². The van der Waals surface area contributed by atoms with Crippen molar-refractivity contribution in [1.29, 1.82) is 5.26 Å². The molecular weight excluding hydrogens is 442 g/mol. The maximum absolute atomic E-state index is 13.3. The molecule has 0 unspecified atom stereocenters. The second-order valence-electron chi connectivity index (χ2n) is 8.83. The Labute approximate surface area is 203 Å². The third kappa shape index (κ3) is 4.82. The first-order chi connectivity index (χ1) is 17.1. The Kier molecular flexibility index (Phi) is 6.11. The number of likely N-dealkylation sites (tertiary alicyclic amines) is 1. The topological polar surface area (TPSA) is 91.7 Å². The molecule has 176 valence electrons. The van der Waals surface area contributed by atoms with Crippen LogP contribution in [0.15, 0.2) is 72.8 Å². The molecule has 2 aliphatic rings. The van der Waals surface area contributed by atoms with Crippen LogP contribution in [-0.4, -0.2) is 29.9 Å². The quantitative estimate of drug-likeness (QED) is 0.495. The SMILES string of the molecule is COc1cccc([C@@H]2[C@H](Oc3cccc(C#N)c3)C(=O)N2Cc2cccc(NC(=O)C3CC3)c2)c1. The summed E-state index contributed by atoms with van der Waals surface area (Å²) in [5, 5.41) is 12.2. The van der Waals surface area contributed by atoms with Crippen LogP contribution in [0.1, 0.15) is 35.6 Å². The van der Waals surface area contributed by atoms with E-state index in [0.717, 1.165) is 29.7 Å². The number of carbonyl (C=O) groups excluding carboxylic acids is 2. The minimum Gasteiger partial charge on any atom is -0.497 e. The average molecular weight is 468 g/mol. The molecule has 3 aromatic rings. The third-order valence-electron chi connectivity index (χ3n) is 6.31. The first kappa shape index (κ1) is 22.5. The minimum absolute atomic E-state index is 0.0458. The first-order valence-corrected chi connectivity index (χ1v) is 11.6. The predicted octanol–water partition coefficient (Wildman–Crippen LogP) is 4.45. The number of hydrogen-bond donors (Lipinski definition) is 1. The number of nitrogens with zero attached hydrogens (tertiary/aromatic N) is 2. The molecule has 1 aliphatic carbocycles. The minimum atomic E-state index is -0.728. The molecule has 0 radical (unpaired) electrons. The molecule has 7 nitrogen and oxygen atoms in total. The van der Waals surface area contributed by atoms with Crippen molar-refractivity contribution >= 4 is 17.5 Å². The lowest BCUT2D eigenvalue weighted by Crippen LogP contribution is -2.60. The highest BCUT2D eigenvalue weighted by Gasteiger charge is 2.50. The van der Waals surface area contributed by atoms with Crippen LogP contribution in [0.2, 0.25) is 0 Å². The molecule has 1 saturated heterocycles. The molecule has 0 spiro atoms. The monoisotopic (exact) mass is 467 g/mol. The van der Waals surface area contributed by atoms with E-state index in [9.17, 15) is 14.9 Å². The Morgan fingerprint density at radius 1 is 1.06 bits per heavy atom. The molecule has 1 saturated carbocycles. The number of methoxy groups -OCH3 is 1. The Hall–Kier alpha value is -4.31. The normalized spacial score (nSPS) is 18.9. The summed E-state index contributed by atoms with van der Waals surface area (Å²) in [5.74, 6) is 1.18. The summed E-state index contributed by atoms with van der Waals surface area (Å²) in [6.45, 7) is 0.367. The molecule has 2 fully saturated rings. The van der Waals surface area contributed by atoms with Crippen molar-refractivity contribution in [3.8, 4) is 17.6 Å². The van der Waals surface area contributed by atoms with Gasteiger partial charge in [0.15, 0.2) is 0 Å². The summed E-state index contributed by atoms with van der Waals surface area (Å²) in [6.07, 6.45) is 1.15. The molecule has 0 aromatic heterocycles. The van der Waals surface area contributed by atoms with Crippen LogP contribution in [-0.2, 0) is 16.1 Å². The Bertz CT molecular complexity index is 1310. The molecule has 5 rings (SSSR count). The third-order valence-corrected chi connectivity index (χ3v) is 6.31. The van der Waals surface area contributed by atoms with Crippen molar-refractivity contribution in [2.45, 2.75) is 31.5 Å². The Morgan fingerprint density at radius 2 is 1.83 bits per heavy atom. The average Bonchev–Trinajstić information content (AvgIpc) is 3.74. The number of carbonyl (C=O) groups is 2. The van der Waals surface area contributed by atoms with Gasteiger partial charge in [0.25, 0.3) is 5.91 Å². The molecular formula is C28H25N3O4. The zero-order valence-electron chi connectivity index (χ0n) is 19.3. The van der Waals surface area contributed by atoms with Gasteiger partial charge < -0.3 is 19.7 Å². The number of amides is 2. The maximum Gasteiger partial charge on any atom is 0.267 e. The first-order valence-electron chi connectivity index (χ1n) is 11.6. The van der Waals surface area contributed by atoms with E-state index in [2.05, 4.69) is 11.4 Å². The molecule has 7 heteroatoms. The number of ether oxygens (including phenoxy) is 2. The van der Waals surface area contributed by atoms with E-state index < -0.39 is 6.10 Å². The summed E-state index contributed by atoms with van der Waals surface area (Å²) >= 11 is 0. The number of nitriles is 1. The number of anilines is 1. The second-order valence-corrected chi connectivity index (χ2v) is 8.83. The Morgan fingerprint density at radius 3 is 2.60 bits per heavy atom. The van der Waals surface area contributed by atoms with Gasteiger partial charge in [0.1, 0.15) is 17.5 Å². The van der Waals surface area contributed by atoms with E-state index in [4.69, 9.17) is 9.47 Å². The van der Waals surface area contributed by atoms with Gasteiger partial charge in [-0.15, -0.1) is 0 Å². The largest absolute Gasteiger partial charge is 0.497 e. The molecule has 3 aromatic carbocycles. The van der Waals surface area contributed by atoms with Crippen LogP contribution >= 0.6 is 0 Å². The van der Waals surface area contributed by atoms with Gasteiger partial charge in [-0.3, -0.25) is 9.59 Å². The molecule has 1 aliphatic heterocycles. The van der Waals surface area contributed by atoms with E-state index in [1.165, 1.54) is 0 Å². The predicted molar refractivity (Wildman–Crippen MR) is 130 cm³/mol. The highest BCUT2D eigenvalue weighted by molar-refractivity contribution is 5.94. The smallest absolute Gasteiger partial charge is 0.267 e. The molecule has 2 amide bonds. The van der Waals surface area contributed by atoms with E-state index >= 15 is 0 Å². The second kappa shape index (κ2) is 9.51. The van der Waals surface area contributed by atoms with Gasteiger partial charge in [-0.2, -0.15) is 5.26 Å². The summed E-state index contributed by atoms with van der Waals surface area (Å²) in [6, 6.07) is 23.7. The van der Waals surface area contributed by atoms with Gasteiger partial charge in [-0.1, -0.05) is 30.3 Å². The van der Waals surface area contributed by atoms with Gasteiger partial charge in [0.05, 0.1) is 18.7 Å². The van der Waals surface area contributed by atoms with Crippen molar-refractivity contribution in [3.05, 3.63) is 89.5 Å². The van der Waals surface area contributed by atoms with Crippen molar-refractivity contribution < 1.29 is 19.1 Å². The summed E-state index contributed by atoms with van der Waals surface area (Å²) < 4.78 is 11.5. The fourth-order valence-electron chi connectivity index (χ4n) is 4.31. The maximum atomic E-state index is 13.3. The van der Waals surface area contributed by atoms with Gasteiger partial charge in [0.2, 0.25) is 12.0 Å². The van der Waals surface area contributed by atoms with Crippen molar-refractivity contribution in [2.75, 3.05) is 12.4 Å². The zero-order chi connectivity index (χ0) is 24.4. The number of rotatable bonds is 8. The van der Waals surface area contributed by atoms with Gasteiger partial charge in [-0.05, 0) is 66.4 Å². The molecule has 2 atom stereocenters. The molecule has 0 bridgehead atoms. The molecule has 1 heterocycles. The number of hydrogen-bond acceptors (Lipinski definition) is 5. The van der Waals surface area contributed by atoms with Crippen LogP contribution < -0.4 is 14.8 Å². The lowest BCUT2D eigenvalue weighted by Gasteiger charge is -2.47. The van der Waals surface area contributed by atoms with Crippen LogP contribution in [0.25, 0.3) is 0 Å². The van der Waals surface area contributed by atoms with Gasteiger partial charge >= 0.3 is 0 Å². The van der Waals surface area contributed by atoms with Crippen molar-refractivity contribution in [3.63, 3.8) is 0 Å². The number of nitrogens with one attached hydrogen (secondary N) is 1. The van der Waals surface area contributed by atoms with Crippen LogP contribution in [0.3, 0.4) is 0 Å². The van der Waals surface area contributed by atoms with Crippen molar-refractivity contribution in [2.24, 2.45) is 5.92 Å². The summed E-state index contributed by atoms with van der Waals surface area (Å²) in [4.78, 5) is 27.2. The van der Waals surface area contributed by atoms with Crippen LogP contribution in [0, 0.1) is 17.2 Å². The summed E-state index contributed by atoms with van der Waals surface area (Å²) in [5.41, 5.74) is 2.99. The molecule has 35 heavy (non-hydrogen) atoms. The van der Waals surface area contributed by atoms with E-state index in [1.807, 2.05) is 48.5 Å². The highest BCUT2D eigenvalue weighted by atomic mass is 16.5. The summed E-state index contributed by atoms with van der Waals surface area (Å²) in [7, 11) is 1.60. The molecule has 1 N–H and O–H groups in total. The number of benzene rings is 3. The Balaban J connectivity index is 1.39. The fourth-order valence-corrected chi connectivity index (χ4v) is 4.31. The van der Waals surface area contributed by atoms with E-state index in [0.29, 0.717) is 23.6 Å². The van der Waals surface area contributed by atoms with Crippen LogP contribution in [0.4, 0.5) is 5.69 Å². The van der Waals surface area contributed by atoms with E-state index in [-0.39, 0.29) is 23.8 Å². The van der Waals surface area contributed by atoms with Crippen molar-refractivity contribution in [1.82, 2.24) is 4.90 Å². The highest BCUT2D eigenvalue weighted by Crippen LogP contribution is 2.40. The fraction of sp³-hybridized carbons (Fsp3) is 0.250.